The molecule has 2 aromatic rings. The van der Waals surface area contributed by atoms with Gasteiger partial charge in [-0.2, -0.15) is 20.3 Å². The molecular formula is C18H22FN5. The van der Waals surface area contributed by atoms with Crippen molar-refractivity contribution >= 4 is 0 Å². The van der Waals surface area contributed by atoms with E-state index in [0.717, 1.165) is 17.8 Å². The second-order valence-electron chi connectivity index (χ2n) is 6.79. The highest BCUT2D eigenvalue weighted by molar-refractivity contribution is 5.32. The van der Waals surface area contributed by atoms with Gasteiger partial charge in [0, 0.05) is 18.5 Å². The van der Waals surface area contributed by atoms with Crippen LogP contribution < -0.4 is 0 Å². The van der Waals surface area contributed by atoms with E-state index in [4.69, 9.17) is 5.26 Å². The highest BCUT2D eigenvalue weighted by atomic mass is 19.1. The fourth-order valence-electron chi connectivity index (χ4n) is 3.20. The van der Waals surface area contributed by atoms with Crippen LogP contribution in [-0.4, -0.2) is 39.2 Å². The molecule has 0 bridgehead atoms. The molecule has 126 valence electrons. The number of likely N-dealkylation sites (tertiary alicyclic amines) is 1. The van der Waals surface area contributed by atoms with Crippen LogP contribution in [0.4, 0.5) is 4.39 Å². The number of benzene rings is 1. The van der Waals surface area contributed by atoms with Gasteiger partial charge in [-0.1, -0.05) is 19.1 Å². The molecule has 3 rings (SSSR count). The summed E-state index contributed by atoms with van der Waals surface area (Å²) in [6.45, 7) is 5.62. The third-order valence-corrected chi connectivity index (χ3v) is 5.28. The summed E-state index contributed by atoms with van der Waals surface area (Å²) < 4.78 is 14.7. The minimum Gasteiger partial charge on any atom is -0.296 e. The van der Waals surface area contributed by atoms with Gasteiger partial charge in [-0.15, -0.1) is 0 Å². The first-order valence-electron chi connectivity index (χ1n) is 8.24. The summed E-state index contributed by atoms with van der Waals surface area (Å²) in [5.74, 6) is -0.268. The standard InChI is InChI=1S/C18H22FN5/c1-14(11-20)18(2)7-10-23(13-17(18)19)12-15-3-5-16(6-4-15)24-21-8-9-22-24/h3-6,8-9,14,17H,7,10,12-13H2,1-2H3. The molecule has 0 amide bonds. The van der Waals surface area contributed by atoms with E-state index in [0.29, 0.717) is 19.5 Å². The van der Waals surface area contributed by atoms with Crippen LogP contribution >= 0.6 is 0 Å². The van der Waals surface area contributed by atoms with Gasteiger partial charge in [0.1, 0.15) is 6.17 Å². The van der Waals surface area contributed by atoms with Crippen LogP contribution in [0.1, 0.15) is 25.8 Å². The summed E-state index contributed by atoms with van der Waals surface area (Å²) in [6.07, 6.45) is 3.01. The predicted octanol–water partition coefficient (Wildman–Crippen LogP) is 2.98. The van der Waals surface area contributed by atoms with E-state index >= 15 is 0 Å². The van der Waals surface area contributed by atoms with Gasteiger partial charge in [0.05, 0.1) is 30.1 Å². The van der Waals surface area contributed by atoms with Crippen molar-refractivity contribution in [3.8, 4) is 11.8 Å². The molecule has 1 saturated heterocycles. The average Bonchev–Trinajstić information content (AvgIpc) is 3.13. The van der Waals surface area contributed by atoms with Crippen molar-refractivity contribution < 1.29 is 4.39 Å². The first-order chi connectivity index (χ1) is 11.5. The fraction of sp³-hybridized carbons (Fsp3) is 0.500. The number of nitriles is 1. The molecule has 1 fully saturated rings. The van der Waals surface area contributed by atoms with Gasteiger partial charge >= 0.3 is 0 Å². The maximum atomic E-state index is 14.7. The van der Waals surface area contributed by atoms with Crippen molar-refractivity contribution in [3.05, 3.63) is 42.2 Å². The minimum atomic E-state index is -0.978. The van der Waals surface area contributed by atoms with Crippen LogP contribution in [-0.2, 0) is 6.54 Å². The lowest BCUT2D eigenvalue weighted by molar-refractivity contribution is -0.00562. The molecule has 1 aliphatic heterocycles. The molecule has 24 heavy (non-hydrogen) atoms. The molecule has 5 nitrogen and oxygen atoms in total. The van der Waals surface area contributed by atoms with Crippen molar-refractivity contribution in [2.75, 3.05) is 13.1 Å². The second kappa shape index (κ2) is 6.70. The van der Waals surface area contributed by atoms with Crippen LogP contribution in [0, 0.1) is 22.7 Å². The first-order valence-corrected chi connectivity index (χ1v) is 8.24. The Hall–Kier alpha value is -2.26. The number of aromatic nitrogens is 3. The maximum absolute atomic E-state index is 14.7. The summed E-state index contributed by atoms with van der Waals surface area (Å²) in [6, 6.07) is 10.2. The number of rotatable bonds is 4. The molecule has 1 aromatic heterocycles. The van der Waals surface area contributed by atoms with Crippen LogP contribution in [0.2, 0.25) is 0 Å². The molecule has 3 unspecified atom stereocenters. The van der Waals surface area contributed by atoms with E-state index in [-0.39, 0.29) is 5.92 Å². The molecule has 0 radical (unpaired) electrons. The van der Waals surface area contributed by atoms with Crippen molar-refractivity contribution in [3.63, 3.8) is 0 Å². The van der Waals surface area contributed by atoms with E-state index in [1.165, 1.54) is 0 Å². The molecule has 6 heteroatoms. The normalized spacial score (nSPS) is 26.0. The van der Waals surface area contributed by atoms with Crippen molar-refractivity contribution in [2.24, 2.45) is 11.3 Å². The van der Waals surface area contributed by atoms with E-state index in [2.05, 4.69) is 21.2 Å². The van der Waals surface area contributed by atoms with Crippen LogP contribution in [0.25, 0.3) is 5.69 Å². The number of halogens is 1. The average molecular weight is 327 g/mol. The van der Waals surface area contributed by atoms with Crippen LogP contribution in [0.5, 0.6) is 0 Å². The monoisotopic (exact) mass is 327 g/mol. The Morgan fingerprint density at radius 3 is 2.58 bits per heavy atom. The lowest BCUT2D eigenvalue weighted by Gasteiger charge is -2.43. The summed E-state index contributed by atoms with van der Waals surface area (Å²) >= 11 is 0. The lowest BCUT2D eigenvalue weighted by Crippen LogP contribution is -2.49. The molecule has 0 saturated carbocycles. The summed E-state index contributed by atoms with van der Waals surface area (Å²) in [5.41, 5.74) is 1.50. The Labute approximate surface area is 141 Å². The highest BCUT2D eigenvalue weighted by Crippen LogP contribution is 2.40. The van der Waals surface area contributed by atoms with Gasteiger partial charge in [-0.3, -0.25) is 4.90 Å². The highest BCUT2D eigenvalue weighted by Gasteiger charge is 2.43. The van der Waals surface area contributed by atoms with Gasteiger partial charge in [-0.05, 0) is 37.6 Å². The van der Waals surface area contributed by atoms with Crippen LogP contribution in [0.15, 0.2) is 36.7 Å². The van der Waals surface area contributed by atoms with E-state index < -0.39 is 11.6 Å². The molecule has 0 spiro atoms. The number of hydrogen-bond acceptors (Lipinski definition) is 4. The van der Waals surface area contributed by atoms with E-state index in [9.17, 15) is 4.39 Å². The number of hydrogen-bond donors (Lipinski definition) is 0. The minimum absolute atomic E-state index is 0.268. The molecule has 1 aromatic carbocycles. The van der Waals surface area contributed by atoms with Gasteiger partial charge in [0.25, 0.3) is 0 Å². The van der Waals surface area contributed by atoms with Crippen LogP contribution in [0.3, 0.4) is 0 Å². The van der Waals surface area contributed by atoms with Crippen molar-refractivity contribution in [1.82, 2.24) is 19.9 Å². The summed E-state index contributed by atoms with van der Waals surface area (Å²) in [4.78, 5) is 3.69. The SMILES string of the molecule is CC(C#N)C1(C)CCN(Cc2ccc(-n3nccn3)cc2)CC1F. The Balaban J connectivity index is 1.63. The third-order valence-electron chi connectivity index (χ3n) is 5.28. The second-order valence-corrected chi connectivity index (χ2v) is 6.79. The lowest BCUT2D eigenvalue weighted by atomic mass is 9.70. The van der Waals surface area contributed by atoms with Gasteiger partial charge < -0.3 is 0 Å². The Morgan fingerprint density at radius 1 is 1.33 bits per heavy atom. The number of piperidine rings is 1. The summed E-state index contributed by atoms with van der Waals surface area (Å²) in [5, 5.41) is 17.3. The number of nitrogens with zero attached hydrogens (tertiary/aromatic N) is 5. The molecule has 0 N–H and O–H groups in total. The Kier molecular flexibility index (Phi) is 4.63. The zero-order valence-corrected chi connectivity index (χ0v) is 14.1. The third kappa shape index (κ3) is 3.17. The Morgan fingerprint density at radius 2 is 2.00 bits per heavy atom. The quantitative estimate of drug-likeness (QED) is 0.866. The zero-order chi connectivity index (χ0) is 17.2. The molecule has 3 atom stereocenters. The maximum Gasteiger partial charge on any atom is 0.119 e. The van der Waals surface area contributed by atoms with E-state index in [1.807, 2.05) is 38.1 Å². The van der Waals surface area contributed by atoms with Crippen molar-refractivity contribution in [1.29, 1.82) is 5.26 Å². The molecular weight excluding hydrogens is 305 g/mol. The first kappa shape index (κ1) is 16.6. The predicted molar refractivity (Wildman–Crippen MR) is 89.0 cm³/mol. The van der Waals surface area contributed by atoms with E-state index in [1.54, 1.807) is 17.2 Å². The topological polar surface area (TPSA) is 57.7 Å². The molecule has 1 aliphatic rings. The largest absolute Gasteiger partial charge is 0.296 e. The summed E-state index contributed by atoms with van der Waals surface area (Å²) in [7, 11) is 0. The Bertz CT molecular complexity index is 706. The zero-order valence-electron chi connectivity index (χ0n) is 14.1. The molecule has 2 heterocycles. The smallest absolute Gasteiger partial charge is 0.119 e. The molecule has 0 aliphatic carbocycles. The van der Waals surface area contributed by atoms with Gasteiger partial charge in [0.2, 0.25) is 0 Å². The van der Waals surface area contributed by atoms with Gasteiger partial charge in [0.15, 0.2) is 0 Å². The van der Waals surface area contributed by atoms with Gasteiger partial charge in [-0.25, -0.2) is 4.39 Å². The number of alkyl halides is 1. The van der Waals surface area contributed by atoms with Crippen molar-refractivity contribution in [2.45, 2.75) is 33.0 Å². The fourth-order valence-corrected chi connectivity index (χ4v) is 3.20.